The fourth-order valence-electron chi connectivity index (χ4n) is 6.62. The summed E-state index contributed by atoms with van der Waals surface area (Å²) in [7, 11) is 1.59. The summed E-state index contributed by atoms with van der Waals surface area (Å²) in [5.74, 6) is 0.672. The van der Waals surface area contributed by atoms with Crippen molar-refractivity contribution in [3.05, 3.63) is 71.7 Å². The molecule has 2 fully saturated rings. The number of carbonyl (C=O) groups is 2. The number of hydrogen-bond donors (Lipinski definition) is 2. The zero-order valence-electron chi connectivity index (χ0n) is 25.6. The van der Waals surface area contributed by atoms with Gasteiger partial charge in [0.05, 0.1) is 22.5 Å². The lowest BCUT2D eigenvalue weighted by atomic mass is 10.0. The number of nitrogens with zero attached hydrogens (tertiary/aromatic N) is 6. The molecule has 226 valence electrons. The molecule has 6 heterocycles. The van der Waals surface area contributed by atoms with E-state index < -0.39 is 0 Å². The van der Waals surface area contributed by atoms with Gasteiger partial charge in [0.2, 0.25) is 0 Å². The van der Waals surface area contributed by atoms with Gasteiger partial charge in [0.1, 0.15) is 17.0 Å². The maximum atomic E-state index is 13.6. The predicted octanol–water partition coefficient (Wildman–Crippen LogP) is 4.69. The fraction of sp³-hybridized carbons (Fsp3) is 0.382. The van der Waals surface area contributed by atoms with Crippen LogP contribution in [0.1, 0.15) is 59.5 Å². The molecule has 2 aliphatic rings. The van der Waals surface area contributed by atoms with Gasteiger partial charge in [-0.15, -0.1) is 0 Å². The van der Waals surface area contributed by atoms with Gasteiger partial charge in [0.15, 0.2) is 0 Å². The van der Waals surface area contributed by atoms with Crippen molar-refractivity contribution in [1.29, 1.82) is 0 Å². The van der Waals surface area contributed by atoms with Gasteiger partial charge in [-0.2, -0.15) is 5.10 Å². The molecule has 0 bridgehead atoms. The Labute approximate surface area is 256 Å². The zero-order valence-corrected chi connectivity index (χ0v) is 25.6. The summed E-state index contributed by atoms with van der Waals surface area (Å²) < 4.78 is 4.14. The number of nitrogens with one attached hydrogen (secondary N) is 1. The van der Waals surface area contributed by atoms with Crippen LogP contribution in [0.15, 0.2) is 54.9 Å². The monoisotopic (exact) mass is 590 g/mol. The molecular formula is C34H38N8O2. The van der Waals surface area contributed by atoms with E-state index in [2.05, 4.69) is 47.8 Å². The highest BCUT2D eigenvalue weighted by molar-refractivity contribution is 5.95. The minimum absolute atomic E-state index is 0.00525. The van der Waals surface area contributed by atoms with E-state index in [1.165, 1.54) is 12.8 Å². The second kappa shape index (κ2) is 10.9. The van der Waals surface area contributed by atoms with E-state index in [0.717, 1.165) is 57.7 Å². The van der Waals surface area contributed by atoms with Crippen molar-refractivity contribution in [2.75, 3.05) is 13.6 Å². The molecule has 2 unspecified atom stereocenters. The smallest absolute Gasteiger partial charge is 0.269 e. The molecule has 10 heteroatoms. The SMILES string of the molecule is CCC1[C@H](N)C(C)CN1C(=O)c1ccc2c(C)c(-c3cc4ccc(-c5ccc(C(=O)NC)nc5)nc4n3CC3CC3)nn2c1. The summed E-state index contributed by atoms with van der Waals surface area (Å²) in [4.78, 5) is 36.9. The Morgan fingerprint density at radius 3 is 2.64 bits per heavy atom. The molecule has 0 aromatic carbocycles. The summed E-state index contributed by atoms with van der Waals surface area (Å²) in [5, 5.41) is 8.69. The lowest BCUT2D eigenvalue weighted by molar-refractivity contribution is 0.0724. The summed E-state index contributed by atoms with van der Waals surface area (Å²) >= 11 is 0. The molecule has 7 rings (SSSR count). The van der Waals surface area contributed by atoms with E-state index >= 15 is 0 Å². The molecule has 5 aromatic heterocycles. The highest BCUT2D eigenvalue weighted by Gasteiger charge is 2.39. The molecule has 3 atom stereocenters. The van der Waals surface area contributed by atoms with Crippen LogP contribution in [0, 0.1) is 18.8 Å². The Kier molecular flexibility index (Phi) is 6.96. The summed E-state index contributed by atoms with van der Waals surface area (Å²) in [5.41, 5.74) is 13.9. The second-order valence-electron chi connectivity index (χ2n) is 12.4. The Morgan fingerprint density at radius 2 is 1.93 bits per heavy atom. The van der Waals surface area contributed by atoms with E-state index in [0.29, 0.717) is 23.7 Å². The Hall–Kier alpha value is -4.57. The first kappa shape index (κ1) is 28.2. The Morgan fingerprint density at radius 1 is 1.11 bits per heavy atom. The van der Waals surface area contributed by atoms with Crippen LogP contribution in [-0.2, 0) is 6.54 Å². The van der Waals surface area contributed by atoms with E-state index in [-0.39, 0.29) is 29.8 Å². The minimum atomic E-state index is -0.220. The Balaban J connectivity index is 1.27. The topological polar surface area (TPSA) is 123 Å². The van der Waals surface area contributed by atoms with Crippen LogP contribution in [0.5, 0.6) is 0 Å². The lowest BCUT2D eigenvalue weighted by Gasteiger charge is -2.25. The van der Waals surface area contributed by atoms with E-state index in [1.807, 2.05) is 39.9 Å². The average molecular weight is 591 g/mol. The Bertz CT molecular complexity index is 1900. The molecule has 1 aliphatic heterocycles. The number of carbonyl (C=O) groups excluding carboxylic acids is 2. The molecule has 5 aromatic rings. The number of rotatable bonds is 7. The quantitative estimate of drug-likeness (QED) is 0.284. The first-order chi connectivity index (χ1) is 21.3. The summed E-state index contributed by atoms with van der Waals surface area (Å²) in [6, 6.07) is 13.8. The van der Waals surface area contributed by atoms with Crippen molar-refractivity contribution in [2.45, 2.75) is 58.7 Å². The van der Waals surface area contributed by atoms with Crippen molar-refractivity contribution in [3.8, 4) is 22.6 Å². The largest absolute Gasteiger partial charge is 0.354 e. The predicted molar refractivity (Wildman–Crippen MR) is 170 cm³/mol. The van der Waals surface area contributed by atoms with Crippen LogP contribution >= 0.6 is 0 Å². The lowest BCUT2D eigenvalue weighted by Crippen LogP contribution is -2.42. The van der Waals surface area contributed by atoms with E-state index in [4.69, 9.17) is 15.8 Å². The van der Waals surface area contributed by atoms with Gasteiger partial charge in [-0.1, -0.05) is 13.8 Å². The van der Waals surface area contributed by atoms with Crippen molar-refractivity contribution >= 4 is 28.4 Å². The van der Waals surface area contributed by atoms with Gasteiger partial charge in [0.25, 0.3) is 11.8 Å². The molecule has 0 radical (unpaired) electrons. The van der Waals surface area contributed by atoms with E-state index in [9.17, 15) is 9.59 Å². The fourth-order valence-corrected chi connectivity index (χ4v) is 6.62. The number of nitrogens with two attached hydrogens (primary N) is 1. The number of aromatic nitrogens is 5. The molecule has 3 N–H and O–H groups in total. The normalized spacial score (nSPS) is 20.1. The van der Waals surface area contributed by atoms with Gasteiger partial charge in [-0.25, -0.2) is 9.50 Å². The van der Waals surface area contributed by atoms with Gasteiger partial charge in [0, 0.05) is 61.1 Å². The zero-order chi connectivity index (χ0) is 30.7. The summed E-state index contributed by atoms with van der Waals surface area (Å²) in [6.45, 7) is 7.83. The van der Waals surface area contributed by atoms with Gasteiger partial charge < -0.3 is 20.5 Å². The number of pyridine rings is 3. The third-order valence-corrected chi connectivity index (χ3v) is 9.43. The molecule has 10 nitrogen and oxygen atoms in total. The van der Waals surface area contributed by atoms with Crippen molar-refractivity contribution < 1.29 is 9.59 Å². The number of amides is 2. The molecular weight excluding hydrogens is 552 g/mol. The van der Waals surface area contributed by atoms with E-state index in [1.54, 1.807) is 19.3 Å². The number of aryl methyl sites for hydroxylation is 1. The second-order valence-corrected chi connectivity index (χ2v) is 12.4. The van der Waals surface area contributed by atoms with Crippen molar-refractivity contribution in [3.63, 3.8) is 0 Å². The van der Waals surface area contributed by atoms with Crippen LogP contribution in [0.4, 0.5) is 0 Å². The highest BCUT2D eigenvalue weighted by atomic mass is 16.2. The third kappa shape index (κ3) is 4.73. The van der Waals surface area contributed by atoms with Crippen molar-refractivity contribution in [2.24, 2.45) is 17.6 Å². The summed E-state index contributed by atoms with van der Waals surface area (Å²) in [6.07, 6.45) is 6.80. The molecule has 0 spiro atoms. The minimum Gasteiger partial charge on any atom is -0.354 e. The number of fused-ring (bicyclic) bond motifs is 2. The highest BCUT2D eigenvalue weighted by Crippen LogP contribution is 2.37. The maximum absolute atomic E-state index is 13.6. The van der Waals surface area contributed by atoms with Crippen LogP contribution in [0.2, 0.25) is 0 Å². The van der Waals surface area contributed by atoms with Crippen LogP contribution in [0.25, 0.3) is 39.2 Å². The van der Waals surface area contributed by atoms with Crippen LogP contribution in [0.3, 0.4) is 0 Å². The standard InChI is InChI=1S/C34H38N8O2/c1-5-27-30(35)19(2)16-41(27)34(44)24-10-13-28-20(3)31(39-42(28)18-24)29-14-22-8-11-25(38-32(22)40(29)17-21-6-7-21)23-9-12-26(37-15-23)33(43)36-4/h8-15,18-19,21,27,30H,5-7,16-17,35H2,1-4H3,(H,36,43)/t19?,27?,30-/m1/s1. The van der Waals surface area contributed by atoms with Gasteiger partial charge >= 0.3 is 0 Å². The number of hydrogen-bond acceptors (Lipinski definition) is 6. The molecule has 1 saturated carbocycles. The molecule has 44 heavy (non-hydrogen) atoms. The van der Waals surface area contributed by atoms with Crippen LogP contribution in [-0.4, -0.2) is 66.5 Å². The average Bonchev–Trinajstić information content (AvgIpc) is 3.63. The number of likely N-dealkylation sites (tertiary alicyclic amines) is 1. The maximum Gasteiger partial charge on any atom is 0.269 e. The first-order valence-electron chi connectivity index (χ1n) is 15.5. The van der Waals surface area contributed by atoms with Gasteiger partial charge in [-0.05, 0) is 80.5 Å². The molecule has 1 saturated heterocycles. The third-order valence-electron chi connectivity index (χ3n) is 9.43. The van der Waals surface area contributed by atoms with Gasteiger partial charge in [-0.3, -0.25) is 14.6 Å². The van der Waals surface area contributed by atoms with Crippen molar-refractivity contribution in [1.82, 2.24) is 34.4 Å². The molecule has 2 amide bonds. The first-order valence-corrected chi connectivity index (χ1v) is 15.5. The van der Waals surface area contributed by atoms with Crippen LogP contribution < -0.4 is 11.1 Å². The molecule has 1 aliphatic carbocycles.